The standard InChI is InChI=1S/C22H27N3O4S/c1-16(2)21(26)25-20-10-8-19(9-11-20)22(27)23-13-14-24-30(28,29)15-12-18-6-4-17(3)5-7-18/h4-12,15-16,24H,13-14H2,1-3H3,(H,23,27)(H,25,26)/b15-12+. The molecule has 0 aromatic heterocycles. The molecule has 2 aromatic rings. The van der Waals surface area contributed by atoms with Gasteiger partial charge >= 0.3 is 0 Å². The average molecular weight is 430 g/mol. The second-order valence-electron chi connectivity index (χ2n) is 7.13. The van der Waals surface area contributed by atoms with Gasteiger partial charge in [-0.2, -0.15) is 0 Å². The zero-order valence-electron chi connectivity index (χ0n) is 17.3. The Bertz CT molecular complexity index is 996. The first kappa shape index (κ1) is 23.3. The summed E-state index contributed by atoms with van der Waals surface area (Å²) in [6.07, 6.45) is 1.51. The van der Waals surface area contributed by atoms with E-state index in [0.29, 0.717) is 11.3 Å². The van der Waals surface area contributed by atoms with Crippen LogP contribution >= 0.6 is 0 Å². The molecule has 0 aliphatic carbocycles. The first-order valence-corrected chi connectivity index (χ1v) is 11.1. The smallest absolute Gasteiger partial charge is 0.251 e. The van der Waals surface area contributed by atoms with Gasteiger partial charge in [0.1, 0.15) is 0 Å². The van der Waals surface area contributed by atoms with E-state index in [-0.39, 0.29) is 30.8 Å². The molecule has 2 aromatic carbocycles. The second-order valence-corrected chi connectivity index (χ2v) is 8.78. The first-order chi connectivity index (χ1) is 14.2. The lowest BCUT2D eigenvalue weighted by atomic mass is 10.1. The van der Waals surface area contributed by atoms with Gasteiger partial charge in [-0.1, -0.05) is 43.7 Å². The number of amides is 2. The number of hydrogen-bond donors (Lipinski definition) is 3. The molecule has 0 unspecified atom stereocenters. The van der Waals surface area contributed by atoms with Gasteiger partial charge in [0.05, 0.1) is 0 Å². The van der Waals surface area contributed by atoms with Gasteiger partial charge in [-0.15, -0.1) is 0 Å². The number of aryl methyl sites for hydroxylation is 1. The minimum Gasteiger partial charge on any atom is -0.351 e. The maximum absolute atomic E-state index is 12.2. The summed E-state index contributed by atoms with van der Waals surface area (Å²) in [5, 5.41) is 6.50. The summed E-state index contributed by atoms with van der Waals surface area (Å²) in [5.74, 6) is -0.564. The fraction of sp³-hybridized carbons (Fsp3) is 0.273. The Morgan fingerprint density at radius 2 is 1.60 bits per heavy atom. The summed E-state index contributed by atoms with van der Waals surface area (Å²) in [6.45, 7) is 5.75. The molecule has 0 fully saturated rings. The van der Waals surface area contributed by atoms with Gasteiger partial charge in [-0.05, 0) is 42.8 Å². The number of hydrogen-bond acceptors (Lipinski definition) is 4. The van der Waals surface area contributed by atoms with E-state index in [9.17, 15) is 18.0 Å². The van der Waals surface area contributed by atoms with Crippen LogP contribution in [-0.4, -0.2) is 33.3 Å². The molecule has 0 saturated heterocycles. The molecule has 0 heterocycles. The molecule has 8 heteroatoms. The van der Waals surface area contributed by atoms with E-state index in [0.717, 1.165) is 16.5 Å². The number of nitrogens with one attached hydrogen (secondary N) is 3. The highest BCUT2D eigenvalue weighted by Crippen LogP contribution is 2.11. The van der Waals surface area contributed by atoms with Crippen molar-refractivity contribution in [2.24, 2.45) is 5.92 Å². The van der Waals surface area contributed by atoms with Crippen molar-refractivity contribution >= 4 is 33.6 Å². The van der Waals surface area contributed by atoms with Crippen molar-refractivity contribution in [2.45, 2.75) is 20.8 Å². The third-order valence-corrected chi connectivity index (χ3v) is 5.27. The Labute approximate surface area is 177 Å². The van der Waals surface area contributed by atoms with E-state index in [1.165, 1.54) is 6.08 Å². The van der Waals surface area contributed by atoms with Gasteiger partial charge < -0.3 is 10.6 Å². The van der Waals surface area contributed by atoms with Crippen molar-refractivity contribution < 1.29 is 18.0 Å². The van der Waals surface area contributed by atoms with E-state index in [1.807, 2.05) is 31.2 Å². The van der Waals surface area contributed by atoms with Gasteiger partial charge in [0.2, 0.25) is 15.9 Å². The number of benzene rings is 2. The molecule has 0 atom stereocenters. The van der Waals surface area contributed by atoms with Crippen LogP contribution in [0, 0.1) is 12.8 Å². The summed E-state index contributed by atoms with van der Waals surface area (Å²) in [4.78, 5) is 23.8. The Balaban J connectivity index is 1.78. The molecule has 30 heavy (non-hydrogen) atoms. The number of anilines is 1. The minimum atomic E-state index is -3.60. The number of sulfonamides is 1. The third-order valence-electron chi connectivity index (χ3n) is 4.17. The quantitative estimate of drug-likeness (QED) is 0.533. The molecule has 0 bridgehead atoms. The fourth-order valence-corrected chi connectivity index (χ4v) is 3.18. The SMILES string of the molecule is Cc1ccc(/C=C/S(=O)(=O)NCCNC(=O)c2ccc(NC(=O)C(C)C)cc2)cc1. The van der Waals surface area contributed by atoms with Crippen molar-refractivity contribution in [3.8, 4) is 0 Å². The van der Waals surface area contributed by atoms with Crippen molar-refractivity contribution in [2.75, 3.05) is 18.4 Å². The summed E-state index contributed by atoms with van der Waals surface area (Å²) in [7, 11) is -3.60. The summed E-state index contributed by atoms with van der Waals surface area (Å²) in [5.41, 5.74) is 2.91. The number of carbonyl (C=O) groups excluding carboxylic acids is 2. The van der Waals surface area contributed by atoms with Crippen LogP contribution in [0.25, 0.3) is 6.08 Å². The molecule has 0 spiro atoms. The van der Waals surface area contributed by atoms with Crippen LogP contribution in [-0.2, 0) is 14.8 Å². The lowest BCUT2D eigenvalue weighted by Gasteiger charge is -2.09. The normalized spacial score (nSPS) is 11.6. The molecular formula is C22H27N3O4S. The van der Waals surface area contributed by atoms with Crippen LogP contribution < -0.4 is 15.4 Å². The highest BCUT2D eigenvalue weighted by atomic mass is 32.2. The molecule has 3 N–H and O–H groups in total. The molecule has 2 rings (SSSR count). The number of carbonyl (C=O) groups is 2. The zero-order chi connectivity index (χ0) is 22.1. The van der Waals surface area contributed by atoms with Gasteiger partial charge in [-0.3, -0.25) is 9.59 Å². The molecule has 0 radical (unpaired) electrons. The van der Waals surface area contributed by atoms with Crippen LogP contribution in [0.5, 0.6) is 0 Å². The Kier molecular flexibility index (Phi) is 8.32. The fourth-order valence-electron chi connectivity index (χ4n) is 2.36. The lowest BCUT2D eigenvalue weighted by Crippen LogP contribution is -2.33. The highest BCUT2D eigenvalue weighted by molar-refractivity contribution is 7.92. The van der Waals surface area contributed by atoms with Gasteiger partial charge in [0.25, 0.3) is 5.91 Å². The molecule has 0 aliphatic heterocycles. The van der Waals surface area contributed by atoms with Crippen molar-refractivity contribution in [1.82, 2.24) is 10.0 Å². The van der Waals surface area contributed by atoms with Crippen molar-refractivity contribution in [3.05, 3.63) is 70.6 Å². The summed E-state index contributed by atoms with van der Waals surface area (Å²) in [6, 6.07) is 14.0. The topological polar surface area (TPSA) is 104 Å². The Morgan fingerprint density at radius 3 is 2.20 bits per heavy atom. The van der Waals surface area contributed by atoms with Crippen LogP contribution in [0.4, 0.5) is 5.69 Å². The molecule has 7 nitrogen and oxygen atoms in total. The van der Waals surface area contributed by atoms with E-state index in [2.05, 4.69) is 15.4 Å². The largest absolute Gasteiger partial charge is 0.351 e. The summed E-state index contributed by atoms with van der Waals surface area (Å²) < 4.78 is 26.4. The summed E-state index contributed by atoms with van der Waals surface area (Å²) >= 11 is 0. The predicted octanol–water partition coefficient (Wildman–Crippen LogP) is 2.91. The van der Waals surface area contributed by atoms with Crippen molar-refractivity contribution in [1.29, 1.82) is 0 Å². The monoisotopic (exact) mass is 429 g/mol. The molecule has 0 aliphatic rings. The van der Waals surface area contributed by atoms with Crippen LogP contribution in [0.15, 0.2) is 53.9 Å². The van der Waals surface area contributed by atoms with Crippen LogP contribution in [0.3, 0.4) is 0 Å². The minimum absolute atomic E-state index is 0.0643. The van der Waals surface area contributed by atoms with Gasteiger partial charge in [-0.25, -0.2) is 13.1 Å². The first-order valence-electron chi connectivity index (χ1n) is 9.60. The molecule has 0 saturated carbocycles. The highest BCUT2D eigenvalue weighted by Gasteiger charge is 2.09. The van der Waals surface area contributed by atoms with Crippen LogP contribution in [0.2, 0.25) is 0 Å². The second kappa shape index (κ2) is 10.7. The van der Waals surface area contributed by atoms with E-state index in [1.54, 1.807) is 38.1 Å². The maximum atomic E-state index is 12.2. The molecular weight excluding hydrogens is 402 g/mol. The van der Waals surface area contributed by atoms with Crippen LogP contribution in [0.1, 0.15) is 35.3 Å². The maximum Gasteiger partial charge on any atom is 0.251 e. The molecule has 2 amide bonds. The number of rotatable bonds is 9. The van der Waals surface area contributed by atoms with E-state index < -0.39 is 10.0 Å². The zero-order valence-corrected chi connectivity index (χ0v) is 18.1. The third kappa shape index (κ3) is 7.81. The van der Waals surface area contributed by atoms with Gasteiger partial charge in [0, 0.05) is 35.7 Å². The van der Waals surface area contributed by atoms with Crippen molar-refractivity contribution in [3.63, 3.8) is 0 Å². The van der Waals surface area contributed by atoms with E-state index >= 15 is 0 Å². The average Bonchev–Trinajstić information content (AvgIpc) is 2.71. The molecule has 160 valence electrons. The predicted molar refractivity (Wildman–Crippen MR) is 119 cm³/mol. The van der Waals surface area contributed by atoms with Gasteiger partial charge in [0.15, 0.2) is 0 Å². The Hall–Kier alpha value is -2.97. The van der Waals surface area contributed by atoms with E-state index in [4.69, 9.17) is 0 Å². The lowest BCUT2D eigenvalue weighted by molar-refractivity contribution is -0.118. The Morgan fingerprint density at radius 1 is 0.967 bits per heavy atom.